The van der Waals surface area contributed by atoms with E-state index in [0.29, 0.717) is 18.9 Å². The van der Waals surface area contributed by atoms with Crippen LogP contribution < -0.4 is 11.3 Å². The Hall–Kier alpha value is -1.03. The van der Waals surface area contributed by atoms with Gasteiger partial charge in [0.1, 0.15) is 0 Å². The van der Waals surface area contributed by atoms with Crippen LogP contribution in [0.4, 0.5) is 0 Å². The van der Waals surface area contributed by atoms with Gasteiger partial charge in [0, 0.05) is 18.3 Å². The molecule has 1 aromatic heterocycles. The number of aromatic amines is 1. The Bertz CT molecular complexity index is 349. The van der Waals surface area contributed by atoms with Gasteiger partial charge in [-0.1, -0.05) is 13.8 Å². The maximum absolute atomic E-state index is 11.6. The van der Waals surface area contributed by atoms with Crippen molar-refractivity contribution >= 4 is 0 Å². The van der Waals surface area contributed by atoms with Gasteiger partial charge >= 0.3 is 0 Å². The van der Waals surface area contributed by atoms with Crippen molar-refractivity contribution in [3.05, 3.63) is 21.6 Å². The third-order valence-corrected chi connectivity index (χ3v) is 2.24. The molecule has 0 unspecified atom stereocenters. The summed E-state index contributed by atoms with van der Waals surface area (Å²) in [4.78, 5) is 11.6. The van der Waals surface area contributed by atoms with Crippen LogP contribution in [0.3, 0.4) is 0 Å². The topological polar surface area (TPSA) is 63.8 Å². The molecule has 1 aromatic rings. The van der Waals surface area contributed by atoms with Crippen molar-refractivity contribution in [3.63, 3.8) is 0 Å². The van der Waals surface area contributed by atoms with Gasteiger partial charge in [-0.2, -0.15) is 0 Å². The zero-order valence-corrected chi connectivity index (χ0v) is 9.13. The zero-order valence-electron chi connectivity index (χ0n) is 9.13. The monoisotopic (exact) mass is 197 g/mol. The number of hydrogen-bond donors (Lipinski definition) is 2. The lowest BCUT2D eigenvalue weighted by Gasteiger charge is -2.03. The molecule has 4 nitrogen and oxygen atoms in total. The highest BCUT2D eigenvalue weighted by atomic mass is 16.1. The van der Waals surface area contributed by atoms with Crippen molar-refractivity contribution in [1.29, 1.82) is 0 Å². The third kappa shape index (κ3) is 2.26. The first kappa shape index (κ1) is 11.0. The average Bonchev–Trinajstić information content (AvgIpc) is 2.32. The Morgan fingerprint density at radius 1 is 1.50 bits per heavy atom. The second-order valence-electron chi connectivity index (χ2n) is 4.07. The summed E-state index contributed by atoms with van der Waals surface area (Å²) < 4.78 is 1.53. The average molecular weight is 197 g/mol. The van der Waals surface area contributed by atoms with Gasteiger partial charge in [-0.15, -0.1) is 0 Å². The van der Waals surface area contributed by atoms with Gasteiger partial charge < -0.3 is 5.73 Å². The number of H-pyrrole nitrogens is 1. The highest BCUT2D eigenvalue weighted by Crippen LogP contribution is 2.08. The van der Waals surface area contributed by atoms with Gasteiger partial charge in [-0.05, 0) is 25.3 Å². The fourth-order valence-electron chi connectivity index (χ4n) is 1.63. The third-order valence-electron chi connectivity index (χ3n) is 2.24. The van der Waals surface area contributed by atoms with E-state index >= 15 is 0 Å². The minimum absolute atomic E-state index is 0.0612. The Morgan fingerprint density at radius 2 is 2.14 bits per heavy atom. The molecule has 1 heterocycles. The van der Waals surface area contributed by atoms with Crippen LogP contribution >= 0.6 is 0 Å². The largest absolute Gasteiger partial charge is 0.330 e. The van der Waals surface area contributed by atoms with E-state index in [1.54, 1.807) is 7.05 Å². The predicted octanol–water partition coefficient (Wildman–Crippen LogP) is 0.413. The van der Waals surface area contributed by atoms with Crippen molar-refractivity contribution in [3.8, 4) is 0 Å². The highest BCUT2D eigenvalue weighted by Gasteiger charge is 2.12. The molecule has 0 radical (unpaired) electrons. The van der Waals surface area contributed by atoms with E-state index in [9.17, 15) is 4.79 Å². The minimum atomic E-state index is 0.0612. The van der Waals surface area contributed by atoms with Crippen LogP contribution in [0.15, 0.2) is 4.79 Å². The molecule has 0 aliphatic heterocycles. The molecule has 14 heavy (non-hydrogen) atoms. The smallest absolute Gasteiger partial charge is 0.269 e. The second-order valence-corrected chi connectivity index (χ2v) is 4.07. The van der Waals surface area contributed by atoms with Crippen molar-refractivity contribution in [2.24, 2.45) is 18.7 Å². The molecule has 0 fully saturated rings. The molecule has 0 aromatic carbocycles. The van der Waals surface area contributed by atoms with Crippen molar-refractivity contribution in [1.82, 2.24) is 9.78 Å². The number of nitrogens with two attached hydrogens (primary N) is 1. The molecule has 1 rings (SSSR count). The van der Waals surface area contributed by atoms with Crippen LogP contribution in [0.1, 0.15) is 25.1 Å². The van der Waals surface area contributed by atoms with E-state index in [1.165, 1.54) is 4.68 Å². The molecular formula is C10H19N3O. The van der Waals surface area contributed by atoms with Crippen LogP contribution in [-0.4, -0.2) is 16.3 Å². The molecule has 3 N–H and O–H groups in total. The molecule has 80 valence electrons. The van der Waals surface area contributed by atoms with Crippen LogP contribution in [0.5, 0.6) is 0 Å². The van der Waals surface area contributed by atoms with E-state index in [1.807, 2.05) is 0 Å². The summed E-state index contributed by atoms with van der Waals surface area (Å²) in [6.45, 7) is 4.80. The Labute approximate surface area is 84.1 Å². The summed E-state index contributed by atoms with van der Waals surface area (Å²) in [5.41, 5.74) is 7.43. The molecule has 0 bridgehead atoms. The summed E-state index contributed by atoms with van der Waals surface area (Å²) in [6.07, 6.45) is 1.57. The summed E-state index contributed by atoms with van der Waals surface area (Å²) in [7, 11) is 1.74. The van der Waals surface area contributed by atoms with E-state index in [0.717, 1.165) is 17.7 Å². The lowest BCUT2D eigenvalue weighted by Crippen LogP contribution is -2.18. The molecule has 0 spiro atoms. The zero-order chi connectivity index (χ0) is 10.7. The number of rotatable bonds is 4. The number of aromatic nitrogens is 2. The Morgan fingerprint density at radius 3 is 2.64 bits per heavy atom. The van der Waals surface area contributed by atoms with Gasteiger partial charge in [-0.3, -0.25) is 14.6 Å². The molecule has 4 heteroatoms. The van der Waals surface area contributed by atoms with Crippen LogP contribution in [0.25, 0.3) is 0 Å². The molecule has 0 saturated heterocycles. The van der Waals surface area contributed by atoms with Crippen LogP contribution in [0, 0.1) is 5.92 Å². The van der Waals surface area contributed by atoms with Gasteiger partial charge in [0.25, 0.3) is 5.56 Å². The predicted molar refractivity (Wildman–Crippen MR) is 57.3 cm³/mol. The van der Waals surface area contributed by atoms with E-state index in [-0.39, 0.29) is 5.56 Å². The molecular weight excluding hydrogens is 178 g/mol. The number of nitrogens with one attached hydrogen (secondary N) is 1. The van der Waals surface area contributed by atoms with Gasteiger partial charge in [0.2, 0.25) is 0 Å². The number of aryl methyl sites for hydroxylation is 1. The van der Waals surface area contributed by atoms with Crippen molar-refractivity contribution in [2.75, 3.05) is 6.54 Å². The maximum Gasteiger partial charge on any atom is 0.269 e. The van der Waals surface area contributed by atoms with E-state index in [4.69, 9.17) is 5.73 Å². The van der Waals surface area contributed by atoms with Crippen LogP contribution in [0.2, 0.25) is 0 Å². The Kier molecular flexibility index (Phi) is 3.52. The van der Waals surface area contributed by atoms with E-state index in [2.05, 4.69) is 18.9 Å². The second kappa shape index (κ2) is 4.46. The minimum Gasteiger partial charge on any atom is -0.330 e. The van der Waals surface area contributed by atoms with Crippen LogP contribution in [-0.2, 0) is 19.9 Å². The molecule has 0 saturated carbocycles. The van der Waals surface area contributed by atoms with Gasteiger partial charge in [-0.25, -0.2) is 0 Å². The maximum atomic E-state index is 11.6. The lowest BCUT2D eigenvalue weighted by atomic mass is 10.0. The first-order chi connectivity index (χ1) is 6.56. The quantitative estimate of drug-likeness (QED) is 0.734. The molecule has 0 atom stereocenters. The first-order valence-corrected chi connectivity index (χ1v) is 5.03. The summed E-state index contributed by atoms with van der Waals surface area (Å²) in [6, 6.07) is 0. The summed E-state index contributed by atoms with van der Waals surface area (Å²) >= 11 is 0. The van der Waals surface area contributed by atoms with Crippen molar-refractivity contribution < 1.29 is 0 Å². The Balaban J connectivity index is 3.02. The standard InChI is InChI=1S/C10H19N3O/c1-7(2)6-9-8(4-5-11)10(14)13(3)12-9/h7,12H,4-6,11H2,1-3H3. The number of hydrogen-bond acceptors (Lipinski definition) is 2. The summed E-state index contributed by atoms with van der Waals surface area (Å²) in [5.74, 6) is 0.546. The van der Waals surface area contributed by atoms with Gasteiger partial charge in [0.05, 0.1) is 0 Å². The van der Waals surface area contributed by atoms with E-state index < -0.39 is 0 Å². The van der Waals surface area contributed by atoms with Crippen molar-refractivity contribution in [2.45, 2.75) is 26.7 Å². The highest BCUT2D eigenvalue weighted by molar-refractivity contribution is 5.18. The lowest BCUT2D eigenvalue weighted by molar-refractivity contribution is 0.616. The number of nitrogens with zero attached hydrogens (tertiary/aromatic N) is 1. The molecule has 0 aliphatic rings. The fraction of sp³-hybridized carbons (Fsp3) is 0.700. The SMILES string of the molecule is CC(C)Cc1[nH]n(C)c(=O)c1CCN. The normalized spacial score (nSPS) is 11.2. The molecule has 0 amide bonds. The molecule has 0 aliphatic carbocycles. The summed E-state index contributed by atoms with van der Waals surface area (Å²) in [5, 5.41) is 3.08. The van der Waals surface area contributed by atoms with Gasteiger partial charge in [0.15, 0.2) is 0 Å². The fourth-order valence-corrected chi connectivity index (χ4v) is 1.63. The first-order valence-electron chi connectivity index (χ1n) is 5.03.